The molecule has 2 amide bonds. The molecule has 0 bridgehead atoms. The first kappa shape index (κ1) is 8.24. The van der Waals surface area contributed by atoms with Crippen LogP contribution in [0.2, 0.25) is 0 Å². The summed E-state index contributed by atoms with van der Waals surface area (Å²) in [4.78, 5) is 23.6. The van der Waals surface area contributed by atoms with E-state index in [-0.39, 0.29) is 17.9 Å². The number of carbonyl (C=O) groups is 2. The molecule has 1 unspecified atom stereocenters. The number of hydrogen-bond acceptors (Lipinski definition) is 2. The molecule has 0 spiro atoms. The van der Waals surface area contributed by atoms with Gasteiger partial charge in [-0.15, -0.1) is 0 Å². The molecule has 0 aromatic rings. The topological polar surface area (TPSA) is 37.4 Å². The van der Waals surface area contributed by atoms with Crippen molar-refractivity contribution in [2.24, 2.45) is 0 Å². The second-order valence-electron chi connectivity index (χ2n) is 2.91. The summed E-state index contributed by atoms with van der Waals surface area (Å²) in [6, 6.07) is 0.0810. The van der Waals surface area contributed by atoms with E-state index in [0.29, 0.717) is 12.8 Å². The maximum atomic E-state index is 11.1. The number of amides is 2. The molecule has 1 heterocycles. The van der Waals surface area contributed by atoms with Crippen LogP contribution in [0.4, 0.5) is 0 Å². The van der Waals surface area contributed by atoms with Crippen molar-refractivity contribution in [2.45, 2.75) is 39.2 Å². The molecular weight excluding hydrogens is 142 g/mol. The van der Waals surface area contributed by atoms with E-state index in [9.17, 15) is 9.59 Å². The molecule has 3 nitrogen and oxygen atoms in total. The lowest BCUT2D eigenvalue weighted by molar-refractivity contribution is -0.140. The minimum absolute atomic E-state index is 0.00986. The zero-order chi connectivity index (χ0) is 8.43. The van der Waals surface area contributed by atoms with Crippen LogP contribution in [0, 0.1) is 0 Å². The van der Waals surface area contributed by atoms with Crippen molar-refractivity contribution in [1.82, 2.24) is 4.90 Å². The van der Waals surface area contributed by atoms with Gasteiger partial charge >= 0.3 is 0 Å². The van der Waals surface area contributed by atoms with Crippen molar-refractivity contribution >= 4 is 11.8 Å². The van der Waals surface area contributed by atoms with E-state index in [1.807, 2.05) is 13.8 Å². The van der Waals surface area contributed by atoms with E-state index >= 15 is 0 Å². The van der Waals surface area contributed by atoms with Gasteiger partial charge in [0.05, 0.1) is 0 Å². The Labute approximate surface area is 66.4 Å². The standard InChI is InChI=1S/C8H13NO2/c1-3-6(2)9-7(10)4-5-8(9)11/h6H,3-5H2,1-2H3. The summed E-state index contributed by atoms with van der Waals surface area (Å²) in [5.74, 6) is -0.0197. The number of carbonyl (C=O) groups excluding carboxylic acids is 2. The van der Waals surface area contributed by atoms with Crippen LogP contribution in [0.1, 0.15) is 33.1 Å². The smallest absolute Gasteiger partial charge is 0.229 e. The van der Waals surface area contributed by atoms with Gasteiger partial charge in [-0.3, -0.25) is 14.5 Å². The fourth-order valence-electron chi connectivity index (χ4n) is 1.27. The fourth-order valence-corrected chi connectivity index (χ4v) is 1.27. The Morgan fingerprint density at radius 3 is 2.18 bits per heavy atom. The van der Waals surface area contributed by atoms with Crippen molar-refractivity contribution in [3.8, 4) is 0 Å². The maximum Gasteiger partial charge on any atom is 0.229 e. The third-order valence-electron chi connectivity index (χ3n) is 2.12. The van der Waals surface area contributed by atoms with Crippen LogP contribution >= 0.6 is 0 Å². The molecule has 62 valence electrons. The number of rotatable bonds is 2. The summed E-state index contributed by atoms with van der Waals surface area (Å²) >= 11 is 0. The first-order valence-corrected chi connectivity index (χ1v) is 4.01. The van der Waals surface area contributed by atoms with E-state index in [1.165, 1.54) is 4.90 Å². The summed E-state index contributed by atoms with van der Waals surface area (Å²) in [5.41, 5.74) is 0. The molecule has 0 radical (unpaired) electrons. The zero-order valence-electron chi connectivity index (χ0n) is 6.96. The van der Waals surface area contributed by atoms with Crippen LogP contribution in [-0.4, -0.2) is 22.8 Å². The van der Waals surface area contributed by atoms with Gasteiger partial charge in [-0.2, -0.15) is 0 Å². The van der Waals surface area contributed by atoms with Crippen LogP contribution in [0.5, 0.6) is 0 Å². The highest BCUT2D eigenvalue weighted by atomic mass is 16.2. The first-order chi connectivity index (χ1) is 5.16. The van der Waals surface area contributed by atoms with Gasteiger partial charge in [-0.05, 0) is 13.3 Å². The molecule has 1 aliphatic rings. The summed E-state index contributed by atoms with van der Waals surface area (Å²) in [6.07, 6.45) is 1.66. The van der Waals surface area contributed by atoms with Gasteiger partial charge in [0.15, 0.2) is 0 Å². The molecule has 0 aromatic carbocycles. The average molecular weight is 155 g/mol. The van der Waals surface area contributed by atoms with Crippen molar-refractivity contribution in [1.29, 1.82) is 0 Å². The second kappa shape index (κ2) is 3.03. The van der Waals surface area contributed by atoms with Gasteiger partial charge in [-0.25, -0.2) is 0 Å². The van der Waals surface area contributed by atoms with Crippen molar-refractivity contribution < 1.29 is 9.59 Å². The maximum absolute atomic E-state index is 11.1. The van der Waals surface area contributed by atoms with E-state index in [2.05, 4.69) is 0 Å². The summed E-state index contributed by atoms with van der Waals surface area (Å²) < 4.78 is 0. The predicted octanol–water partition coefficient (Wildman–Crippen LogP) is 0.934. The van der Waals surface area contributed by atoms with Gasteiger partial charge in [0.2, 0.25) is 11.8 Å². The third kappa shape index (κ3) is 1.42. The molecule has 1 fully saturated rings. The van der Waals surface area contributed by atoms with Crippen molar-refractivity contribution in [3.63, 3.8) is 0 Å². The molecule has 3 heteroatoms. The second-order valence-corrected chi connectivity index (χ2v) is 2.91. The Morgan fingerprint density at radius 2 is 1.82 bits per heavy atom. The average Bonchev–Trinajstić information content (AvgIpc) is 2.30. The van der Waals surface area contributed by atoms with Gasteiger partial charge in [0.1, 0.15) is 0 Å². The molecule has 0 aromatic heterocycles. The van der Waals surface area contributed by atoms with Crippen molar-refractivity contribution in [2.75, 3.05) is 0 Å². The lowest BCUT2D eigenvalue weighted by atomic mass is 10.2. The summed E-state index contributed by atoms with van der Waals surface area (Å²) in [7, 11) is 0. The Bertz CT molecular complexity index is 173. The van der Waals surface area contributed by atoms with Crippen LogP contribution in [0.25, 0.3) is 0 Å². The van der Waals surface area contributed by atoms with E-state index in [0.717, 1.165) is 6.42 Å². The quantitative estimate of drug-likeness (QED) is 0.556. The highest BCUT2D eigenvalue weighted by Gasteiger charge is 2.31. The lowest BCUT2D eigenvalue weighted by Gasteiger charge is -2.20. The molecule has 1 atom stereocenters. The van der Waals surface area contributed by atoms with Gasteiger partial charge in [-0.1, -0.05) is 6.92 Å². The van der Waals surface area contributed by atoms with Crippen molar-refractivity contribution in [3.05, 3.63) is 0 Å². The highest BCUT2D eigenvalue weighted by Crippen LogP contribution is 2.16. The normalized spacial score (nSPS) is 21.1. The van der Waals surface area contributed by atoms with Gasteiger partial charge in [0.25, 0.3) is 0 Å². The lowest BCUT2D eigenvalue weighted by Crippen LogP contribution is -2.36. The van der Waals surface area contributed by atoms with Crippen LogP contribution < -0.4 is 0 Å². The highest BCUT2D eigenvalue weighted by molar-refractivity contribution is 6.02. The SMILES string of the molecule is CCC(C)N1C(=O)CCC1=O. The molecule has 11 heavy (non-hydrogen) atoms. The summed E-state index contributed by atoms with van der Waals surface area (Å²) in [6.45, 7) is 3.88. The molecule has 1 rings (SSSR count). The fraction of sp³-hybridized carbons (Fsp3) is 0.750. The minimum atomic E-state index is -0.00986. The predicted molar refractivity (Wildman–Crippen MR) is 40.8 cm³/mol. The molecular formula is C8H13NO2. The number of nitrogens with zero attached hydrogens (tertiary/aromatic N) is 1. The summed E-state index contributed by atoms with van der Waals surface area (Å²) in [5, 5.41) is 0. The van der Waals surface area contributed by atoms with Gasteiger partial charge in [0, 0.05) is 18.9 Å². The molecule has 1 aliphatic heterocycles. The van der Waals surface area contributed by atoms with E-state index in [1.54, 1.807) is 0 Å². The minimum Gasteiger partial charge on any atom is -0.280 e. The Balaban J connectivity index is 2.68. The first-order valence-electron chi connectivity index (χ1n) is 4.01. The Hall–Kier alpha value is -0.860. The Morgan fingerprint density at radius 1 is 1.36 bits per heavy atom. The molecule has 0 aliphatic carbocycles. The van der Waals surface area contributed by atoms with Crippen LogP contribution in [0.3, 0.4) is 0 Å². The van der Waals surface area contributed by atoms with E-state index in [4.69, 9.17) is 0 Å². The number of imide groups is 1. The van der Waals surface area contributed by atoms with E-state index < -0.39 is 0 Å². The number of likely N-dealkylation sites (tertiary alicyclic amines) is 1. The number of hydrogen-bond donors (Lipinski definition) is 0. The monoisotopic (exact) mass is 155 g/mol. The molecule has 0 N–H and O–H groups in total. The van der Waals surface area contributed by atoms with Gasteiger partial charge < -0.3 is 0 Å². The van der Waals surface area contributed by atoms with Crippen LogP contribution in [0.15, 0.2) is 0 Å². The zero-order valence-corrected chi connectivity index (χ0v) is 6.96. The third-order valence-corrected chi connectivity index (χ3v) is 2.12. The largest absolute Gasteiger partial charge is 0.280 e. The van der Waals surface area contributed by atoms with Crippen LogP contribution in [-0.2, 0) is 9.59 Å². The molecule has 0 saturated carbocycles. The molecule has 1 saturated heterocycles. The Kier molecular flexibility index (Phi) is 2.27.